The molecule has 2 aromatic rings. The largest absolute Gasteiger partial charge is 0.335 e. The predicted octanol–water partition coefficient (Wildman–Crippen LogP) is 3.29. The maximum Gasteiger partial charge on any atom is 0.257 e. The Bertz CT molecular complexity index is 785. The van der Waals surface area contributed by atoms with E-state index < -0.39 is 0 Å². The van der Waals surface area contributed by atoms with Gasteiger partial charge in [-0.1, -0.05) is 38.5 Å². The minimum Gasteiger partial charge on any atom is -0.335 e. The summed E-state index contributed by atoms with van der Waals surface area (Å²) in [6.45, 7) is 11.8. The van der Waals surface area contributed by atoms with Gasteiger partial charge in [-0.15, -0.1) is 0 Å². The van der Waals surface area contributed by atoms with Gasteiger partial charge in [-0.2, -0.15) is 5.10 Å². The monoisotopic (exact) mass is 354 g/mol. The van der Waals surface area contributed by atoms with Gasteiger partial charge in [0, 0.05) is 24.2 Å². The third-order valence-electron chi connectivity index (χ3n) is 5.21. The van der Waals surface area contributed by atoms with Crippen molar-refractivity contribution in [3.63, 3.8) is 0 Å². The van der Waals surface area contributed by atoms with Gasteiger partial charge in [0.05, 0.1) is 16.9 Å². The molecule has 1 aromatic carbocycles. The van der Waals surface area contributed by atoms with E-state index in [0.717, 1.165) is 24.3 Å². The summed E-state index contributed by atoms with van der Waals surface area (Å²) in [5, 5.41) is 4.78. The van der Waals surface area contributed by atoms with Crippen LogP contribution in [0.4, 0.5) is 0 Å². The molecule has 1 aromatic heterocycles. The van der Waals surface area contributed by atoms with Gasteiger partial charge in [0.15, 0.2) is 0 Å². The SMILES string of the molecule is Cc1ccc(-n2cc(C(=O)N3CC(CN)CC3C)c(C(C)(C)C)n2)cc1. The second-order valence-electron chi connectivity index (χ2n) is 8.57. The molecule has 1 aliphatic heterocycles. The van der Waals surface area contributed by atoms with Crippen molar-refractivity contribution in [3.8, 4) is 5.69 Å². The Morgan fingerprint density at radius 3 is 2.46 bits per heavy atom. The molecule has 0 spiro atoms. The quantitative estimate of drug-likeness (QED) is 0.920. The topological polar surface area (TPSA) is 64.2 Å². The first-order valence-corrected chi connectivity index (χ1v) is 9.39. The Morgan fingerprint density at radius 1 is 1.27 bits per heavy atom. The maximum atomic E-state index is 13.3. The van der Waals surface area contributed by atoms with E-state index in [-0.39, 0.29) is 17.4 Å². The number of likely N-dealkylation sites (tertiary alicyclic amines) is 1. The minimum atomic E-state index is -0.211. The van der Waals surface area contributed by atoms with E-state index in [0.29, 0.717) is 18.0 Å². The molecule has 1 aliphatic rings. The average Bonchev–Trinajstić information content (AvgIpc) is 3.18. The van der Waals surface area contributed by atoms with Crippen molar-refractivity contribution >= 4 is 5.91 Å². The van der Waals surface area contributed by atoms with Crippen LogP contribution in [0.2, 0.25) is 0 Å². The van der Waals surface area contributed by atoms with Crippen LogP contribution in [0.3, 0.4) is 0 Å². The lowest BCUT2D eigenvalue weighted by Crippen LogP contribution is -2.35. The molecular weight excluding hydrogens is 324 g/mol. The second-order valence-corrected chi connectivity index (χ2v) is 8.57. The number of benzene rings is 1. The Balaban J connectivity index is 2.00. The van der Waals surface area contributed by atoms with Crippen molar-refractivity contribution in [1.82, 2.24) is 14.7 Å². The zero-order valence-electron chi connectivity index (χ0n) is 16.5. The highest BCUT2D eigenvalue weighted by Gasteiger charge is 2.35. The van der Waals surface area contributed by atoms with Gasteiger partial charge in [-0.05, 0) is 44.9 Å². The zero-order valence-corrected chi connectivity index (χ0v) is 16.5. The molecule has 2 atom stereocenters. The predicted molar refractivity (Wildman–Crippen MR) is 105 cm³/mol. The summed E-state index contributed by atoms with van der Waals surface area (Å²) in [5.74, 6) is 0.455. The number of aromatic nitrogens is 2. The van der Waals surface area contributed by atoms with Gasteiger partial charge in [-0.3, -0.25) is 4.79 Å². The van der Waals surface area contributed by atoms with Gasteiger partial charge < -0.3 is 10.6 Å². The summed E-state index contributed by atoms with van der Waals surface area (Å²) in [7, 11) is 0. The van der Waals surface area contributed by atoms with Crippen molar-refractivity contribution in [3.05, 3.63) is 47.3 Å². The van der Waals surface area contributed by atoms with Crippen LogP contribution in [-0.2, 0) is 5.41 Å². The van der Waals surface area contributed by atoms with Crippen LogP contribution < -0.4 is 5.73 Å². The lowest BCUT2D eigenvalue weighted by atomic mass is 9.89. The fraction of sp³-hybridized carbons (Fsp3) is 0.524. The van der Waals surface area contributed by atoms with E-state index in [1.807, 2.05) is 27.9 Å². The summed E-state index contributed by atoms with van der Waals surface area (Å²) in [5.41, 5.74) is 9.33. The molecule has 1 fully saturated rings. The molecule has 5 heteroatoms. The Hall–Kier alpha value is -2.14. The van der Waals surface area contributed by atoms with Crippen LogP contribution in [0.5, 0.6) is 0 Å². The highest BCUT2D eigenvalue weighted by Crippen LogP contribution is 2.30. The zero-order chi connectivity index (χ0) is 19.1. The molecule has 1 saturated heterocycles. The van der Waals surface area contributed by atoms with Gasteiger partial charge in [-0.25, -0.2) is 4.68 Å². The first-order chi connectivity index (χ1) is 12.2. The van der Waals surface area contributed by atoms with Crippen molar-refractivity contribution in [2.24, 2.45) is 11.7 Å². The van der Waals surface area contributed by atoms with Crippen LogP contribution in [0, 0.1) is 12.8 Å². The smallest absolute Gasteiger partial charge is 0.257 e. The van der Waals surface area contributed by atoms with Crippen molar-refractivity contribution in [2.75, 3.05) is 13.1 Å². The molecule has 2 unspecified atom stereocenters. The molecular formula is C21H30N4O. The highest BCUT2D eigenvalue weighted by molar-refractivity contribution is 5.96. The Morgan fingerprint density at radius 2 is 1.92 bits per heavy atom. The number of hydrogen-bond acceptors (Lipinski definition) is 3. The molecule has 1 amide bonds. The average molecular weight is 354 g/mol. The lowest BCUT2D eigenvalue weighted by Gasteiger charge is -2.23. The molecule has 0 aliphatic carbocycles. The molecule has 0 saturated carbocycles. The van der Waals surface area contributed by atoms with Gasteiger partial charge in [0.2, 0.25) is 0 Å². The third kappa shape index (κ3) is 3.54. The molecule has 2 N–H and O–H groups in total. The van der Waals surface area contributed by atoms with Gasteiger partial charge in [0.1, 0.15) is 0 Å². The van der Waals surface area contributed by atoms with E-state index in [1.165, 1.54) is 5.56 Å². The van der Waals surface area contributed by atoms with Crippen LogP contribution in [0.25, 0.3) is 5.69 Å². The number of nitrogens with zero attached hydrogens (tertiary/aromatic N) is 3. The Kier molecular flexibility index (Phi) is 4.93. The summed E-state index contributed by atoms with van der Waals surface area (Å²) in [6, 6.07) is 8.40. The molecule has 0 bridgehead atoms. The number of carbonyl (C=O) groups excluding carboxylic acids is 1. The maximum absolute atomic E-state index is 13.3. The fourth-order valence-electron chi connectivity index (χ4n) is 3.67. The number of hydrogen-bond donors (Lipinski definition) is 1. The summed E-state index contributed by atoms with van der Waals surface area (Å²) >= 11 is 0. The lowest BCUT2D eigenvalue weighted by molar-refractivity contribution is 0.0741. The van der Waals surface area contributed by atoms with E-state index in [2.05, 4.69) is 46.8 Å². The molecule has 140 valence electrons. The van der Waals surface area contributed by atoms with Crippen molar-refractivity contribution in [2.45, 2.75) is 52.5 Å². The summed E-state index contributed by atoms with van der Waals surface area (Å²) in [6.07, 6.45) is 2.86. The van der Waals surface area contributed by atoms with E-state index >= 15 is 0 Å². The molecule has 5 nitrogen and oxygen atoms in total. The molecule has 26 heavy (non-hydrogen) atoms. The highest BCUT2D eigenvalue weighted by atomic mass is 16.2. The van der Waals surface area contributed by atoms with Crippen LogP contribution in [0.1, 0.15) is 55.7 Å². The number of aryl methyl sites for hydroxylation is 1. The number of carbonyl (C=O) groups is 1. The standard InChI is InChI=1S/C21H30N4O/c1-14-6-8-17(9-7-14)25-13-18(19(23-25)21(3,4)5)20(26)24-12-16(11-22)10-15(24)2/h6-9,13,15-16H,10-12,22H2,1-5H3. The number of nitrogens with two attached hydrogens (primary N) is 1. The van der Waals surface area contributed by atoms with Crippen molar-refractivity contribution in [1.29, 1.82) is 0 Å². The first kappa shape index (κ1) is 18.6. The van der Waals surface area contributed by atoms with Crippen LogP contribution in [0.15, 0.2) is 30.5 Å². The summed E-state index contributed by atoms with van der Waals surface area (Å²) in [4.78, 5) is 15.3. The second kappa shape index (κ2) is 6.88. The van der Waals surface area contributed by atoms with Crippen LogP contribution >= 0.6 is 0 Å². The third-order valence-corrected chi connectivity index (χ3v) is 5.21. The summed E-state index contributed by atoms with van der Waals surface area (Å²) < 4.78 is 1.83. The minimum absolute atomic E-state index is 0.0664. The Labute approximate surface area is 156 Å². The van der Waals surface area contributed by atoms with Gasteiger partial charge >= 0.3 is 0 Å². The van der Waals surface area contributed by atoms with Crippen molar-refractivity contribution < 1.29 is 4.79 Å². The normalized spacial score (nSPS) is 20.6. The van der Waals surface area contributed by atoms with Crippen LogP contribution in [-0.4, -0.2) is 39.7 Å². The molecule has 3 rings (SSSR count). The van der Waals surface area contributed by atoms with E-state index in [1.54, 1.807) is 0 Å². The fourth-order valence-corrected chi connectivity index (χ4v) is 3.67. The molecule has 2 heterocycles. The van der Waals surface area contributed by atoms with E-state index in [4.69, 9.17) is 10.8 Å². The van der Waals surface area contributed by atoms with E-state index in [9.17, 15) is 4.79 Å². The number of amides is 1. The van der Waals surface area contributed by atoms with Gasteiger partial charge in [0.25, 0.3) is 5.91 Å². The molecule has 0 radical (unpaired) electrons. The first-order valence-electron chi connectivity index (χ1n) is 9.39. The number of rotatable bonds is 3.